The zero-order valence-corrected chi connectivity index (χ0v) is 8.46. The summed E-state index contributed by atoms with van der Waals surface area (Å²) in [5.41, 5.74) is 0. The highest BCUT2D eigenvalue weighted by Crippen LogP contribution is 2.27. The van der Waals surface area contributed by atoms with Gasteiger partial charge < -0.3 is 4.74 Å². The maximum absolute atomic E-state index is 11.0. The first-order valence-corrected chi connectivity index (χ1v) is 5.06. The van der Waals surface area contributed by atoms with Crippen LogP contribution < -0.4 is 4.74 Å². The van der Waals surface area contributed by atoms with Crippen LogP contribution in [0.1, 0.15) is 19.3 Å². The van der Waals surface area contributed by atoms with Crippen LogP contribution in [0, 0.1) is 0 Å². The molecule has 74 valence electrons. The molecule has 14 heavy (non-hydrogen) atoms. The standard InChI is InChI=1S/C11H11ClO2/c12-10-3-1-2-4-11(10)14-9-6-5-8(13)7-9/h1-4,9H,5-7H2. The lowest BCUT2D eigenvalue weighted by Crippen LogP contribution is -2.12. The Kier molecular flexibility index (Phi) is 2.73. The molecule has 1 saturated carbocycles. The van der Waals surface area contributed by atoms with Gasteiger partial charge in [0.1, 0.15) is 17.6 Å². The molecule has 0 saturated heterocycles. The maximum Gasteiger partial charge on any atom is 0.138 e. The van der Waals surface area contributed by atoms with Gasteiger partial charge in [0.15, 0.2) is 0 Å². The van der Waals surface area contributed by atoms with Gasteiger partial charge >= 0.3 is 0 Å². The minimum atomic E-state index is 0.0161. The Bertz CT molecular complexity index is 349. The third kappa shape index (κ3) is 2.07. The van der Waals surface area contributed by atoms with Crippen LogP contribution in [0.5, 0.6) is 5.75 Å². The minimum absolute atomic E-state index is 0.0161. The third-order valence-electron chi connectivity index (χ3n) is 2.33. The molecule has 0 heterocycles. The Morgan fingerprint density at radius 1 is 1.36 bits per heavy atom. The number of carbonyl (C=O) groups excluding carboxylic acids is 1. The topological polar surface area (TPSA) is 26.3 Å². The molecule has 0 N–H and O–H groups in total. The van der Waals surface area contributed by atoms with Crippen molar-refractivity contribution in [3.63, 3.8) is 0 Å². The van der Waals surface area contributed by atoms with Crippen molar-refractivity contribution in [3.8, 4) is 5.75 Å². The summed E-state index contributed by atoms with van der Waals surface area (Å²) in [7, 11) is 0. The van der Waals surface area contributed by atoms with E-state index in [4.69, 9.17) is 16.3 Å². The van der Waals surface area contributed by atoms with E-state index in [1.807, 2.05) is 18.2 Å². The molecule has 0 aromatic heterocycles. The molecule has 0 spiro atoms. The van der Waals surface area contributed by atoms with Crippen LogP contribution in [0.2, 0.25) is 5.02 Å². The van der Waals surface area contributed by atoms with E-state index < -0.39 is 0 Å². The fraction of sp³-hybridized carbons (Fsp3) is 0.364. The molecule has 1 aromatic carbocycles. The molecular weight excluding hydrogens is 200 g/mol. The van der Waals surface area contributed by atoms with Crippen LogP contribution in [0.3, 0.4) is 0 Å². The van der Waals surface area contributed by atoms with Crippen LogP contribution in [0.15, 0.2) is 24.3 Å². The van der Waals surface area contributed by atoms with E-state index in [1.54, 1.807) is 6.07 Å². The number of ether oxygens (including phenoxy) is 1. The highest BCUT2D eigenvalue weighted by atomic mass is 35.5. The lowest BCUT2D eigenvalue weighted by Gasteiger charge is -2.12. The summed E-state index contributed by atoms with van der Waals surface area (Å²) in [6.45, 7) is 0. The highest BCUT2D eigenvalue weighted by Gasteiger charge is 2.23. The van der Waals surface area contributed by atoms with E-state index in [0.29, 0.717) is 23.6 Å². The molecule has 1 aliphatic carbocycles. The summed E-state index contributed by atoms with van der Waals surface area (Å²) < 4.78 is 5.62. The Labute approximate surface area is 87.8 Å². The Balaban J connectivity index is 2.04. The van der Waals surface area contributed by atoms with Gasteiger partial charge in [0, 0.05) is 12.8 Å². The van der Waals surface area contributed by atoms with Crippen LogP contribution in [0.25, 0.3) is 0 Å². The number of ketones is 1. The molecule has 1 atom stereocenters. The van der Waals surface area contributed by atoms with Gasteiger partial charge in [0.25, 0.3) is 0 Å². The smallest absolute Gasteiger partial charge is 0.138 e. The normalized spacial score (nSPS) is 21.2. The fourth-order valence-electron chi connectivity index (χ4n) is 1.60. The van der Waals surface area contributed by atoms with Crippen LogP contribution in [0.4, 0.5) is 0 Å². The molecule has 2 nitrogen and oxygen atoms in total. The molecule has 3 heteroatoms. The molecule has 0 aliphatic heterocycles. The van der Waals surface area contributed by atoms with E-state index in [1.165, 1.54) is 0 Å². The predicted molar refractivity (Wildman–Crippen MR) is 54.7 cm³/mol. The monoisotopic (exact) mass is 210 g/mol. The fourth-order valence-corrected chi connectivity index (χ4v) is 1.78. The quantitative estimate of drug-likeness (QED) is 0.751. The summed E-state index contributed by atoms with van der Waals surface area (Å²) in [6.07, 6.45) is 1.98. The second-order valence-corrected chi connectivity index (χ2v) is 3.86. The molecule has 1 aromatic rings. The molecule has 1 aliphatic rings. The van der Waals surface area contributed by atoms with Crippen molar-refractivity contribution < 1.29 is 9.53 Å². The maximum atomic E-state index is 11.0. The van der Waals surface area contributed by atoms with Crippen molar-refractivity contribution in [1.29, 1.82) is 0 Å². The number of hydrogen-bond donors (Lipinski definition) is 0. The first kappa shape index (κ1) is 9.53. The number of carbonyl (C=O) groups is 1. The Hall–Kier alpha value is -1.02. The summed E-state index contributed by atoms with van der Waals surface area (Å²) in [4.78, 5) is 11.0. The number of rotatable bonds is 2. The zero-order chi connectivity index (χ0) is 9.97. The number of benzene rings is 1. The number of halogens is 1. The average Bonchev–Trinajstić information content (AvgIpc) is 2.56. The van der Waals surface area contributed by atoms with Gasteiger partial charge in [0.2, 0.25) is 0 Å². The highest BCUT2D eigenvalue weighted by molar-refractivity contribution is 6.32. The van der Waals surface area contributed by atoms with Crippen LogP contribution in [-0.2, 0) is 4.79 Å². The third-order valence-corrected chi connectivity index (χ3v) is 2.64. The summed E-state index contributed by atoms with van der Waals surface area (Å²) >= 11 is 5.93. The molecule has 1 fully saturated rings. The largest absolute Gasteiger partial charge is 0.488 e. The predicted octanol–water partition coefficient (Wildman–Crippen LogP) is 2.84. The van der Waals surface area contributed by atoms with Crippen molar-refractivity contribution >= 4 is 17.4 Å². The van der Waals surface area contributed by atoms with E-state index in [2.05, 4.69) is 0 Å². The molecule has 2 rings (SSSR count). The van der Waals surface area contributed by atoms with Gasteiger partial charge in [-0.15, -0.1) is 0 Å². The minimum Gasteiger partial charge on any atom is -0.488 e. The lowest BCUT2D eigenvalue weighted by atomic mass is 10.3. The van der Waals surface area contributed by atoms with Crippen molar-refractivity contribution in [2.45, 2.75) is 25.4 Å². The van der Waals surface area contributed by atoms with Gasteiger partial charge in [-0.2, -0.15) is 0 Å². The molecule has 0 radical (unpaired) electrons. The first-order chi connectivity index (χ1) is 6.75. The van der Waals surface area contributed by atoms with E-state index in [9.17, 15) is 4.79 Å². The second-order valence-electron chi connectivity index (χ2n) is 3.45. The van der Waals surface area contributed by atoms with Gasteiger partial charge in [0.05, 0.1) is 5.02 Å². The van der Waals surface area contributed by atoms with Gasteiger partial charge in [-0.3, -0.25) is 4.79 Å². The average molecular weight is 211 g/mol. The zero-order valence-electron chi connectivity index (χ0n) is 7.70. The van der Waals surface area contributed by atoms with Crippen molar-refractivity contribution in [2.24, 2.45) is 0 Å². The van der Waals surface area contributed by atoms with E-state index in [-0.39, 0.29) is 11.9 Å². The van der Waals surface area contributed by atoms with Crippen LogP contribution >= 0.6 is 11.6 Å². The van der Waals surface area contributed by atoms with Crippen molar-refractivity contribution in [3.05, 3.63) is 29.3 Å². The van der Waals surface area contributed by atoms with Crippen molar-refractivity contribution in [2.75, 3.05) is 0 Å². The molecular formula is C11H11ClO2. The first-order valence-electron chi connectivity index (χ1n) is 4.68. The summed E-state index contributed by atoms with van der Waals surface area (Å²) in [5.74, 6) is 0.955. The summed E-state index contributed by atoms with van der Waals surface area (Å²) in [5, 5.41) is 0.604. The number of Topliss-reactive ketones (excluding diaryl/α,β-unsaturated/α-hetero) is 1. The van der Waals surface area contributed by atoms with Crippen molar-refractivity contribution in [1.82, 2.24) is 0 Å². The van der Waals surface area contributed by atoms with E-state index in [0.717, 1.165) is 6.42 Å². The molecule has 1 unspecified atom stereocenters. The summed E-state index contributed by atoms with van der Waals surface area (Å²) in [6, 6.07) is 7.34. The van der Waals surface area contributed by atoms with Gasteiger partial charge in [-0.1, -0.05) is 23.7 Å². The lowest BCUT2D eigenvalue weighted by molar-refractivity contribution is -0.117. The molecule has 0 bridgehead atoms. The Morgan fingerprint density at radius 3 is 2.79 bits per heavy atom. The molecule has 0 amide bonds. The number of para-hydroxylation sites is 1. The Morgan fingerprint density at radius 2 is 2.14 bits per heavy atom. The van der Waals surface area contributed by atoms with E-state index >= 15 is 0 Å². The number of hydrogen-bond acceptors (Lipinski definition) is 2. The van der Waals surface area contributed by atoms with Crippen LogP contribution in [-0.4, -0.2) is 11.9 Å². The van der Waals surface area contributed by atoms with Gasteiger partial charge in [-0.25, -0.2) is 0 Å². The SMILES string of the molecule is O=C1CCC(Oc2ccccc2Cl)C1. The van der Waals surface area contributed by atoms with Gasteiger partial charge in [-0.05, 0) is 18.6 Å². The second kappa shape index (κ2) is 4.01.